The number of carbonyl (C=O) groups is 1. The van der Waals surface area contributed by atoms with Crippen LogP contribution in [0.2, 0.25) is 0 Å². The number of nitrogens with zero attached hydrogens (tertiary/aromatic N) is 1. The first-order valence-corrected chi connectivity index (χ1v) is 5.48. The smallest absolute Gasteiger partial charge is 0.309 e. The molecule has 4 heteroatoms. The third kappa shape index (κ3) is 2.83. The largest absolute Gasteiger partial charge is 0.469 e. The van der Waals surface area contributed by atoms with Crippen molar-refractivity contribution in [3.05, 3.63) is 34.4 Å². The van der Waals surface area contributed by atoms with Gasteiger partial charge < -0.3 is 10.5 Å². The Morgan fingerprint density at radius 3 is 2.59 bits per heavy atom. The van der Waals surface area contributed by atoms with Gasteiger partial charge in [0.2, 0.25) is 0 Å². The molecule has 4 nitrogen and oxygen atoms in total. The zero-order valence-electron chi connectivity index (χ0n) is 10.1. The molecule has 0 saturated carbocycles. The van der Waals surface area contributed by atoms with Crippen LogP contribution in [0, 0.1) is 11.3 Å². The molecule has 2 N–H and O–H groups in total. The number of ether oxygens (including phenoxy) is 1. The quantitative estimate of drug-likeness (QED) is 0.794. The molecule has 17 heavy (non-hydrogen) atoms. The Bertz CT molecular complexity index is 461. The molecule has 0 aliphatic carbocycles. The highest BCUT2D eigenvalue weighted by molar-refractivity contribution is 5.73. The van der Waals surface area contributed by atoms with Crippen LogP contribution < -0.4 is 5.73 Å². The van der Waals surface area contributed by atoms with Crippen LogP contribution in [0.3, 0.4) is 0 Å². The van der Waals surface area contributed by atoms with Gasteiger partial charge in [0.05, 0.1) is 25.2 Å². The third-order valence-corrected chi connectivity index (χ3v) is 2.74. The number of carbonyl (C=O) groups excluding carboxylic acids is 1. The predicted molar refractivity (Wildman–Crippen MR) is 64.1 cm³/mol. The molecule has 0 unspecified atom stereocenters. The van der Waals surface area contributed by atoms with Crippen LogP contribution in [0.4, 0.5) is 0 Å². The lowest BCUT2D eigenvalue weighted by Crippen LogP contribution is -2.10. The van der Waals surface area contributed by atoms with Gasteiger partial charge >= 0.3 is 5.97 Å². The molecular weight excluding hydrogens is 216 g/mol. The Kier molecular flexibility index (Phi) is 4.68. The minimum absolute atomic E-state index is 0.194. The Morgan fingerprint density at radius 1 is 1.47 bits per heavy atom. The van der Waals surface area contributed by atoms with Crippen molar-refractivity contribution in [1.29, 1.82) is 5.26 Å². The van der Waals surface area contributed by atoms with E-state index < -0.39 is 0 Å². The highest BCUT2D eigenvalue weighted by Crippen LogP contribution is 2.20. The summed E-state index contributed by atoms with van der Waals surface area (Å²) in [6.07, 6.45) is 0.891. The number of nitriles is 1. The second kappa shape index (κ2) is 6.02. The fourth-order valence-electron chi connectivity index (χ4n) is 1.85. The normalized spacial score (nSPS) is 9.76. The molecule has 0 spiro atoms. The van der Waals surface area contributed by atoms with Crippen LogP contribution in [0.1, 0.15) is 29.2 Å². The maximum Gasteiger partial charge on any atom is 0.309 e. The Labute approximate surface area is 101 Å². The summed E-state index contributed by atoms with van der Waals surface area (Å²) in [5.41, 5.74) is 8.73. The second-order valence-electron chi connectivity index (χ2n) is 3.66. The zero-order valence-corrected chi connectivity index (χ0v) is 10.1. The summed E-state index contributed by atoms with van der Waals surface area (Å²) in [4.78, 5) is 11.3. The van der Waals surface area contributed by atoms with Gasteiger partial charge in [0.1, 0.15) is 0 Å². The van der Waals surface area contributed by atoms with Crippen molar-refractivity contribution >= 4 is 5.97 Å². The molecule has 0 saturated heterocycles. The van der Waals surface area contributed by atoms with Gasteiger partial charge in [-0.25, -0.2) is 0 Å². The summed E-state index contributed by atoms with van der Waals surface area (Å²) in [5, 5.41) is 9.16. The first kappa shape index (κ1) is 13.2. The van der Waals surface area contributed by atoms with E-state index in [2.05, 4.69) is 10.8 Å². The number of nitrogens with two attached hydrogens (primary N) is 1. The van der Waals surface area contributed by atoms with E-state index in [1.807, 2.05) is 13.0 Å². The van der Waals surface area contributed by atoms with Crippen molar-refractivity contribution in [2.24, 2.45) is 5.73 Å². The monoisotopic (exact) mass is 232 g/mol. The van der Waals surface area contributed by atoms with Gasteiger partial charge in [-0.2, -0.15) is 5.26 Å². The van der Waals surface area contributed by atoms with Crippen molar-refractivity contribution in [3.8, 4) is 6.07 Å². The van der Waals surface area contributed by atoms with E-state index in [-0.39, 0.29) is 12.4 Å². The van der Waals surface area contributed by atoms with Crippen molar-refractivity contribution in [3.63, 3.8) is 0 Å². The highest BCUT2D eigenvalue weighted by atomic mass is 16.5. The summed E-state index contributed by atoms with van der Waals surface area (Å²) in [7, 11) is 1.35. The summed E-state index contributed by atoms with van der Waals surface area (Å²) in [5.74, 6) is -0.302. The van der Waals surface area contributed by atoms with E-state index >= 15 is 0 Å². The van der Waals surface area contributed by atoms with Gasteiger partial charge in [-0.05, 0) is 23.1 Å². The molecule has 0 atom stereocenters. The maximum atomic E-state index is 11.3. The fraction of sp³-hybridized carbons (Fsp3) is 0.385. The van der Waals surface area contributed by atoms with Crippen molar-refractivity contribution in [2.75, 3.05) is 7.11 Å². The molecule has 1 aromatic carbocycles. The van der Waals surface area contributed by atoms with Crippen molar-refractivity contribution in [1.82, 2.24) is 0 Å². The van der Waals surface area contributed by atoms with Crippen molar-refractivity contribution < 1.29 is 9.53 Å². The van der Waals surface area contributed by atoms with Crippen LogP contribution in [0.5, 0.6) is 0 Å². The molecule has 1 rings (SSSR count). The number of esters is 1. The van der Waals surface area contributed by atoms with E-state index in [0.717, 1.165) is 16.7 Å². The lowest BCUT2D eigenvalue weighted by molar-refractivity contribution is -0.139. The highest BCUT2D eigenvalue weighted by Gasteiger charge is 2.13. The number of rotatable bonds is 4. The van der Waals surface area contributed by atoms with E-state index in [1.54, 1.807) is 6.07 Å². The average Bonchev–Trinajstić information content (AvgIpc) is 2.37. The average molecular weight is 232 g/mol. The molecule has 0 aliphatic rings. The van der Waals surface area contributed by atoms with E-state index in [1.165, 1.54) is 7.11 Å². The van der Waals surface area contributed by atoms with Gasteiger partial charge in [-0.15, -0.1) is 0 Å². The van der Waals surface area contributed by atoms with Crippen LogP contribution in [0.25, 0.3) is 0 Å². The number of hydrogen-bond acceptors (Lipinski definition) is 4. The molecule has 0 bridgehead atoms. The fourth-order valence-corrected chi connectivity index (χ4v) is 1.85. The lowest BCUT2D eigenvalue weighted by atomic mass is 9.93. The van der Waals surface area contributed by atoms with Gasteiger partial charge in [-0.3, -0.25) is 4.79 Å². The van der Waals surface area contributed by atoms with Gasteiger partial charge in [0.25, 0.3) is 0 Å². The molecular formula is C13H16N2O2. The Morgan fingerprint density at radius 2 is 2.12 bits per heavy atom. The van der Waals surface area contributed by atoms with Crippen LogP contribution in [-0.4, -0.2) is 13.1 Å². The molecule has 0 amide bonds. The molecule has 0 aromatic heterocycles. The summed E-state index contributed by atoms with van der Waals surface area (Å²) >= 11 is 0. The van der Waals surface area contributed by atoms with E-state index in [9.17, 15) is 4.79 Å². The lowest BCUT2D eigenvalue weighted by Gasteiger charge is -2.12. The van der Waals surface area contributed by atoms with E-state index in [4.69, 9.17) is 11.0 Å². The summed E-state index contributed by atoms with van der Waals surface area (Å²) in [6.45, 7) is 2.28. The predicted octanol–water partition coefficient (Wildman–Crippen LogP) is 1.29. The van der Waals surface area contributed by atoms with E-state index in [0.29, 0.717) is 18.5 Å². The Balaban J connectivity index is 3.24. The summed E-state index contributed by atoms with van der Waals surface area (Å²) < 4.78 is 4.64. The number of methoxy groups -OCH3 is 1. The van der Waals surface area contributed by atoms with Gasteiger partial charge in [0, 0.05) is 6.54 Å². The molecule has 0 aliphatic heterocycles. The van der Waals surface area contributed by atoms with Crippen LogP contribution >= 0.6 is 0 Å². The third-order valence-electron chi connectivity index (χ3n) is 2.74. The van der Waals surface area contributed by atoms with Gasteiger partial charge in [-0.1, -0.05) is 19.1 Å². The minimum atomic E-state index is -0.302. The standard InChI is InChI=1S/C13H16N2O2/c1-3-11-9(6-13(16)17-2)4-5-10(7-14)12(11)8-15/h4-5H,3,6-7,14H2,1-2H3. The molecule has 90 valence electrons. The number of benzene rings is 1. The Hall–Kier alpha value is -1.86. The van der Waals surface area contributed by atoms with Crippen LogP contribution in [-0.2, 0) is 28.9 Å². The van der Waals surface area contributed by atoms with Crippen molar-refractivity contribution in [2.45, 2.75) is 26.3 Å². The van der Waals surface area contributed by atoms with Crippen LogP contribution in [0.15, 0.2) is 12.1 Å². The first-order valence-electron chi connectivity index (χ1n) is 5.48. The van der Waals surface area contributed by atoms with Gasteiger partial charge in [0.15, 0.2) is 0 Å². The summed E-state index contributed by atoms with van der Waals surface area (Å²) in [6, 6.07) is 5.81. The molecule has 0 heterocycles. The maximum absolute atomic E-state index is 11.3. The molecule has 0 fully saturated rings. The zero-order chi connectivity index (χ0) is 12.8. The molecule has 1 aromatic rings. The second-order valence-corrected chi connectivity index (χ2v) is 3.66. The topological polar surface area (TPSA) is 76.1 Å². The molecule has 0 radical (unpaired) electrons. The SMILES string of the molecule is CCc1c(CC(=O)OC)ccc(CN)c1C#N. The minimum Gasteiger partial charge on any atom is -0.469 e. The first-order chi connectivity index (χ1) is 8.17. The number of hydrogen-bond donors (Lipinski definition) is 1.